The maximum Gasteiger partial charge on any atom is 0.0862 e. The highest BCUT2D eigenvalue weighted by atomic mass is 16.5. The Kier molecular flexibility index (Phi) is 3.39. The smallest absolute Gasteiger partial charge is 0.0862 e. The number of hydrogen-bond acceptors (Lipinski definition) is 1. The molecule has 0 aliphatic rings. The molecule has 0 fully saturated rings. The van der Waals surface area contributed by atoms with Crippen molar-refractivity contribution in [2.45, 2.75) is 13.3 Å². The molecular formula is C11H14O. The average Bonchev–Trinajstić information content (AvgIpc) is 2.15. The molecule has 0 heterocycles. The SMILES string of the molecule is CC/C(=C/OC)c1ccccc1. The summed E-state index contributed by atoms with van der Waals surface area (Å²) in [6.45, 7) is 2.12. The Balaban J connectivity index is 2.88. The minimum atomic E-state index is 0.998. The maximum atomic E-state index is 4.99. The van der Waals surface area contributed by atoms with Crippen LogP contribution in [0.1, 0.15) is 18.9 Å². The molecule has 0 radical (unpaired) electrons. The predicted molar refractivity (Wildman–Crippen MR) is 51.7 cm³/mol. The summed E-state index contributed by atoms with van der Waals surface area (Å²) in [5.41, 5.74) is 2.47. The third-order valence-corrected chi connectivity index (χ3v) is 1.79. The van der Waals surface area contributed by atoms with E-state index in [2.05, 4.69) is 19.1 Å². The Morgan fingerprint density at radius 3 is 2.50 bits per heavy atom. The molecule has 1 rings (SSSR count). The lowest BCUT2D eigenvalue weighted by Crippen LogP contribution is -1.82. The molecule has 1 aromatic rings. The average molecular weight is 162 g/mol. The first-order chi connectivity index (χ1) is 5.88. The van der Waals surface area contributed by atoms with Crippen molar-refractivity contribution in [2.75, 3.05) is 7.11 Å². The second kappa shape index (κ2) is 4.60. The molecule has 1 nitrogen and oxygen atoms in total. The summed E-state index contributed by atoms with van der Waals surface area (Å²) < 4.78 is 4.99. The Morgan fingerprint density at radius 2 is 2.00 bits per heavy atom. The molecule has 0 aliphatic heterocycles. The Bertz CT molecular complexity index is 249. The van der Waals surface area contributed by atoms with Gasteiger partial charge in [0.2, 0.25) is 0 Å². The maximum absolute atomic E-state index is 4.99. The quantitative estimate of drug-likeness (QED) is 0.620. The van der Waals surface area contributed by atoms with Crippen molar-refractivity contribution in [1.82, 2.24) is 0 Å². The molecule has 1 aromatic carbocycles. The van der Waals surface area contributed by atoms with Crippen molar-refractivity contribution < 1.29 is 4.74 Å². The standard InChI is InChI=1S/C11H14O/c1-3-10(9-12-2)11-7-5-4-6-8-11/h4-9H,3H2,1-2H3/b10-9-. The van der Waals surface area contributed by atoms with Crippen molar-refractivity contribution in [1.29, 1.82) is 0 Å². The molecule has 0 N–H and O–H groups in total. The van der Waals surface area contributed by atoms with Crippen LogP contribution < -0.4 is 0 Å². The predicted octanol–water partition coefficient (Wildman–Crippen LogP) is 3.08. The van der Waals surface area contributed by atoms with Crippen LogP contribution in [-0.4, -0.2) is 7.11 Å². The number of methoxy groups -OCH3 is 1. The van der Waals surface area contributed by atoms with Crippen LogP contribution in [0.3, 0.4) is 0 Å². The molecule has 0 aromatic heterocycles. The highest BCUT2D eigenvalue weighted by molar-refractivity contribution is 5.64. The van der Waals surface area contributed by atoms with Crippen molar-refractivity contribution in [2.24, 2.45) is 0 Å². The van der Waals surface area contributed by atoms with Gasteiger partial charge in [-0.3, -0.25) is 0 Å². The summed E-state index contributed by atoms with van der Waals surface area (Å²) in [6.07, 6.45) is 2.80. The van der Waals surface area contributed by atoms with E-state index < -0.39 is 0 Å². The highest BCUT2D eigenvalue weighted by Crippen LogP contribution is 2.16. The minimum absolute atomic E-state index is 0.998. The molecule has 0 unspecified atom stereocenters. The van der Waals surface area contributed by atoms with Crippen LogP contribution in [0.4, 0.5) is 0 Å². The van der Waals surface area contributed by atoms with Gasteiger partial charge < -0.3 is 4.74 Å². The summed E-state index contributed by atoms with van der Waals surface area (Å²) in [5, 5.41) is 0. The number of allylic oxidation sites excluding steroid dienone is 1. The molecule has 12 heavy (non-hydrogen) atoms. The van der Waals surface area contributed by atoms with Crippen LogP contribution in [-0.2, 0) is 4.74 Å². The lowest BCUT2D eigenvalue weighted by atomic mass is 10.1. The number of rotatable bonds is 3. The van der Waals surface area contributed by atoms with Crippen LogP contribution in [0.5, 0.6) is 0 Å². The van der Waals surface area contributed by atoms with Crippen molar-refractivity contribution >= 4 is 5.57 Å². The molecule has 0 amide bonds. The van der Waals surface area contributed by atoms with E-state index in [-0.39, 0.29) is 0 Å². The van der Waals surface area contributed by atoms with E-state index in [0.717, 1.165) is 6.42 Å². The second-order valence-electron chi connectivity index (χ2n) is 2.60. The van der Waals surface area contributed by atoms with Crippen LogP contribution in [0.15, 0.2) is 36.6 Å². The van der Waals surface area contributed by atoms with E-state index in [1.807, 2.05) is 18.2 Å². The first-order valence-electron chi connectivity index (χ1n) is 4.15. The van der Waals surface area contributed by atoms with Crippen LogP contribution in [0.2, 0.25) is 0 Å². The van der Waals surface area contributed by atoms with E-state index in [9.17, 15) is 0 Å². The number of ether oxygens (including phenoxy) is 1. The summed E-state index contributed by atoms with van der Waals surface area (Å²) in [4.78, 5) is 0. The monoisotopic (exact) mass is 162 g/mol. The Morgan fingerprint density at radius 1 is 1.33 bits per heavy atom. The van der Waals surface area contributed by atoms with Crippen LogP contribution in [0, 0.1) is 0 Å². The summed E-state index contributed by atoms with van der Waals surface area (Å²) >= 11 is 0. The molecule has 0 saturated carbocycles. The zero-order valence-electron chi connectivity index (χ0n) is 7.58. The molecule has 0 bridgehead atoms. The molecule has 0 aliphatic carbocycles. The van der Waals surface area contributed by atoms with Crippen molar-refractivity contribution in [3.63, 3.8) is 0 Å². The second-order valence-corrected chi connectivity index (χ2v) is 2.60. The van der Waals surface area contributed by atoms with Gasteiger partial charge in [-0.05, 0) is 17.6 Å². The van der Waals surface area contributed by atoms with Crippen LogP contribution >= 0.6 is 0 Å². The largest absolute Gasteiger partial charge is 0.504 e. The number of benzene rings is 1. The normalized spacial score (nSPS) is 11.3. The van der Waals surface area contributed by atoms with Gasteiger partial charge in [-0.2, -0.15) is 0 Å². The van der Waals surface area contributed by atoms with E-state index in [0.29, 0.717) is 0 Å². The lowest BCUT2D eigenvalue weighted by molar-refractivity contribution is 0.339. The van der Waals surface area contributed by atoms with Crippen molar-refractivity contribution in [3.05, 3.63) is 42.2 Å². The summed E-state index contributed by atoms with van der Waals surface area (Å²) in [6, 6.07) is 10.3. The van der Waals surface area contributed by atoms with Gasteiger partial charge in [0.1, 0.15) is 0 Å². The highest BCUT2D eigenvalue weighted by Gasteiger charge is 1.96. The van der Waals surface area contributed by atoms with E-state index in [1.54, 1.807) is 13.4 Å². The van der Waals surface area contributed by atoms with Gasteiger partial charge in [-0.15, -0.1) is 0 Å². The minimum Gasteiger partial charge on any atom is -0.504 e. The third-order valence-electron chi connectivity index (χ3n) is 1.79. The molecule has 0 spiro atoms. The van der Waals surface area contributed by atoms with Gasteiger partial charge in [0.15, 0.2) is 0 Å². The fourth-order valence-electron chi connectivity index (χ4n) is 1.15. The molecule has 1 heteroatoms. The van der Waals surface area contributed by atoms with E-state index >= 15 is 0 Å². The fourth-order valence-corrected chi connectivity index (χ4v) is 1.15. The molecule has 64 valence electrons. The third kappa shape index (κ3) is 2.12. The van der Waals surface area contributed by atoms with E-state index in [1.165, 1.54) is 11.1 Å². The lowest BCUT2D eigenvalue weighted by Gasteiger charge is -2.03. The topological polar surface area (TPSA) is 9.23 Å². The van der Waals surface area contributed by atoms with Gasteiger partial charge in [0.05, 0.1) is 13.4 Å². The van der Waals surface area contributed by atoms with Gasteiger partial charge in [0.25, 0.3) is 0 Å². The van der Waals surface area contributed by atoms with Gasteiger partial charge in [-0.25, -0.2) is 0 Å². The van der Waals surface area contributed by atoms with Gasteiger partial charge >= 0.3 is 0 Å². The van der Waals surface area contributed by atoms with Crippen LogP contribution in [0.25, 0.3) is 5.57 Å². The summed E-state index contributed by atoms with van der Waals surface area (Å²) in [7, 11) is 1.68. The molecule has 0 saturated heterocycles. The molecular weight excluding hydrogens is 148 g/mol. The Hall–Kier alpha value is -1.24. The van der Waals surface area contributed by atoms with E-state index in [4.69, 9.17) is 4.74 Å². The Labute approximate surface area is 73.7 Å². The zero-order chi connectivity index (χ0) is 8.81. The zero-order valence-corrected chi connectivity index (χ0v) is 7.58. The van der Waals surface area contributed by atoms with Crippen molar-refractivity contribution in [3.8, 4) is 0 Å². The molecule has 0 atom stereocenters. The number of hydrogen-bond donors (Lipinski definition) is 0. The van der Waals surface area contributed by atoms with Gasteiger partial charge in [-0.1, -0.05) is 37.3 Å². The summed E-state index contributed by atoms with van der Waals surface area (Å²) in [5.74, 6) is 0. The fraction of sp³-hybridized carbons (Fsp3) is 0.273. The van der Waals surface area contributed by atoms with Gasteiger partial charge in [0, 0.05) is 0 Å². The first kappa shape index (κ1) is 8.85. The first-order valence-corrected chi connectivity index (χ1v) is 4.15.